The molecule has 1 aliphatic carbocycles. The molecule has 0 aromatic heterocycles. The van der Waals surface area contributed by atoms with Crippen LogP contribution in [0.25, 0.3) is 6.08 Å². The van der Waals surface area contributed by atoms with E-state index in [4.69, 9.17) is 0 Å². The smallest absolute Gasteiger partial charge is 0.189 e. The maximum absolute atomic E-state index is 14.7. The van der Waals surface area contributed by atoms with Gasteiger partial charge in [0.25, 0.3) is 0 Å². The van der Waals surface area contributed by atoms with Gasteiger partial charge in [0.15, 0.2) is 11.6 Å². The Kier molecular flexibility index (Phi) is 9.94. The first-order valence-corrected chi connectivity index (χ1v) is 15.9. The first-order chi connectivity index (χ1) is 23.7. The minimum absolute atomic E-state index is 0.125. The lowest BCUT2D eigenvalue weighted by Gasteiger charge is -2.37. The highest BCUT2D eigenvalue weighted by atomic mass is 16.3. The summed E-state index contributed by atoms with van der Waals surface area (Å²) < 4.78 is 0. The lowest BCUT2D eigenvalue weighted by molar-refractivity contribution is 0.0876. The molecule has 0 heterocycles. The molecule has 0 saturated heterocycles. The highest BCUT2D eigenvalue weighted by molar-refractivity contribution is 6.09. The molecule has 5 rings (SSSR count). The molecule has 8 N–H and O–H groups in total. The van der Waals surface area contributed by atoms with Crippen molar-refractivity contribution in [2.75, 3.05) is 0 Å². The molecule has 50 heavy (non-hydrogen) atoms. The van der Waals surface area contributed by atoms with E-state index in [0.717, 1.165) is 29.4 Å². The largest absolute Gasteiger partial charge is 0.508 e. The van der Waals surface area contributed by atoms with E-state index in [0.29, 0.717) is 5.56 Å². The van der Waals surface area contributed by atoms with Gasteiger partial charge < -0.3 is 40.9 Å². The number of carbonyl (C=O) groups excluding carboxylic acids is 2. The van der Waals surface area contributed by atoms with Gasteiger partial charge in [0, 0.05) is 40.7 Å². The summed E-state index contributed by atoms with van der Waals surface area (Å²) in [5.74, 6) is -6.93. The van der Waals surface area contributed by atoms with Crippen molar-refractivity contribution in [3.05, 3.63) is 123 Å². The van der Waals surface area contributed by atoms with Crippen LogP contribution in [0.4, 0.5) is 0 Å². The van der Waals surface area contributed by atoms with Crippen molar-refractivity contribution in [3.63, 3.8) is 0 Å². The van der Waals surface area contributed by atoms with Crippen molar-refractivity contribution in [2.24, 2.45) is 5.92 Å². The zero-order valence-corrected chi connectivity index (χ0v) is 27.6. The minimum atomic E-state index is -1.17. The highest BCUT2D eigenvalue weighted by Gasteiger charge is 2.43. The molecule has 0 radical (unpaired) electrons. The normalized spacial score (nSPS) is 17.3. The van der Waals surface area contributed by atoms with E-state index in [2.05, 4.69) is 0 Å². The molecular weight excluding hydrogens is 640 g/mol. The number of rotatable bonds is 9. The minimum Gasteiger partial charge on any atom is -0.508 e. The topological polar surface area (TPSA) is 196 Å². The van der Waals surface area contributed by atoms with Crippen LogP contribution >= 0.6 is 0 Å². The fourth-order valence-corrected chi connectivity index (χ4v) is 6.53. The molecular formula is C40H38O10. The quantitative estimate of drug-likeness (QED) is 0.0500. The molecule has 0 saturated carbocycles. The summed E-state index contributed by atoms with van der Waals surface area (Å²) in [6, 6.07) is 12.8. The first kappa shape index (κ1) is 35.2. The zero-order valence-electron chi connectivity index (χ0n) is 27.6. The summed E-state index contributed by atoms with van der Waals surface area (Å²) in [6.07, 6.45) is 6.28. The third-order valence-corrected chi connectivity index (χ3v) is 8.94. The van der Waals surface area contributed by atoms with E-state index < -0.39 is 46.6 Å². The van der Waals surface area contributed by atoms with Crippen molar-refractivity contribution >= 4 is 17.6 Å². The Hall–Kier alpha value is -6.16. The average Bonchev–Trinajstić information content (AvgIpc) is 3.03. The van der Waals surface area contributed by atoms with Crippen LogP contribution in [0.1, 0.15) is 82.0 Å². The fourth-order valence-electron chi connectivity index (χ4n) is 6.53. The molecule has 1 aliphatic rings. The number of phenolic OH excluding ortho intramolecular Hbond substituents is 8. The van der Waals surface area contributed by atoms with Gasteiger partial charge in [-0.3, -0.25) is 9.59 Å². The third-order valence-electron chi connectivity index (χ3n) is 8.94. The predicted octanol–water partition coefficient (Wildman–Crippen LogP) is 7.45. The van der Waals surface area contributed by atoms with Gasteiger partial charge in [-0.15, -0.1) is 0 Å². The van der Waals surface area contributed by atoms with Crippen LogP contribution in [0.5, 0.6) is 46.0 Å². The molecule has 3 atom stereocenters. The van der Waals surface area contributed by atoms with E-state index >= 15 is 0 Å². The monoisotopic (exact) mass is 678 g/mol. The van der Waals surface area contributed by atoms with E-state index in [-0.39, 0.29) is 69.4 Å². The van der Waals surface area contributed by atoms with Crippen LogP contribution in [-0.2, 0) is 6.42 Å². The van der Waals surface area contributed by atoms with Crippen LogP contribution in [0.15, 0.2) is 90.0 Å². The summed E-state index contributed by atoms with van der Waals surface area (Å²) in [6.45, 7) is 5.49. The van der Waals surface area contributed by atoms with Crippen LogP contribution in [0, 0.1) is 5.92 Å². The van der Waals surface area contributed by atoms with Crippen molar-refractivity contribution in [2.45, 2.75) is 45.4 Å². The van der Waals surface area contributed by atoms with Crippen LogP contribution in [0.3, 0.4) is 0 Å². The van der Waals surface area contributed by atoms with Crippen LogP contribution in [-0.4, -0.2) is 52.4 Å². The number of phenols is 8. The Balaban J connectivity index is 1.67. The molecule has 4 aromatic rings. The molecule has 0 fully saturated rings. The Morgan fingerprint density at radius 2 is 1.40 bits per heavy atom. The maximum Gasteiger partial charge on any atom is 0.189 e. The van der Waals surface area contributed by atoms with Gasteiger partial charge in [-0.2, -0.15) is 0 Å². The predicted molar refractivity (Wildman–Crippen MR) is 187 cm³/mol. The molecule has 0 aliphatic heterocycles. The SMILES string of the molecule is CC(C)=CCc1c(O)ccc(C(=O)C2C(c3c(O)ccc(C(=O)C=Cc4ccc(O)cc4O)c3O)C=C(C)CC2c2cc(O)cc(O)c2)c1O. The Bertz CT molecular complexity index is 2060. The molecule has 3 unspecified atom stereocenters. The van der Waals surface area contributed by atoms with Crippen LogP contribution < -0.4 is 0 Å². The molecule has 10 heteroatoms. The van der Waals surface area contributed by atoms with Crippen molar-refractivity contribution in [3.8, 4) is 46.0 Å². The number of hydrogen-bond donors (Lipinski definition) is 8. The van der Waals surface area contributed by atoms with Gasteiger partial charge in [-0.05, 0) is 106 Å². The summed E-state index contributed by atoms with van der Waals surface area (Å²) in [5.41, 5.74) is 1.93. The number of Topliss-reactive ketones (excluding diaryl/α,β-unsaturated/α-hetero) is 1. The molecule has 10 nitrogen and oxygen atoms in total. The van der Waals surface area contributed by atoms with E-state index in [9.17, 15) is 50.4 Å². The summed E-state index contributed by atoms with van der Waals surface area (Å²) in [4.78, 5) is 28.1. The Morgan fingerprint density at radius 1 is 0.740 bits per heavy atom. The summed E-state index contributed by atoms with van der Waals surface area (Å²) >= 11 is 0. The molecule has 0 spiro atoms. The second-order valence-electron chi connectivity index (χ2n) is 12.8. The van der Waals surface area contributed by atoms with E-state index in [1.807, 2.05) is 13.8 Å². The van der Waals surface area contributed by atoms with Crippen molar-refractivity contribution in [1.82, 2.24) is 0 Å². The second-order valence-corrected chi connectivity index (χ2v) is 12.8. The number of hydrogen-bond acceptors (Lipinski definition) is 10. The molecule has 0 bridgehead atoms. The fraction of sp³-hybridized carbons (Fsp3) is 0.200. The zero-order chi connectivity index (χ0) is 36.4. The Labute approximate surface area is 288 Å². The van der Waals surface area contributed by atoms with Crippen molar-refractivity contribution in [1.29, 1.82) is 0 Å². The van der Waals surface area contributed by atoms with Crippen LogP contribution in [0.2, 0.25) is 0 Å². The van der Waals surface area contributed by atoms with Gasteiger partial charge in [-0.25, -0.2) is 0 Å². The van der Waals surface area contributed by atoms with Crippen molar-refractivity contribution < 1.29 is 50.4 Å². The summed E-state index contributed by atoms with van der Waals surface area (Å²) in [5, 5.41) is 85.3. The van der Waals surface area contributed by atoms with E-state index in [1.165, 1.54) is 54.6 Å². The average molecular weight is 679 g/mol. The number of benzene rings is 4. The number of allylic oxidation sites excluding steroid dienone is 5. The second kappa shape index (κ2) is 14.1. The van der Waals surface area contributed by atoms with E-state index in [1.54, 1.807) is 19.1 Å². The molecule has 4 aromatic carbocycles. The van der Waals surface area contributed by atoms with Gasteiger partial charge >= 0.3 is 0 Å². The molecule has 0 amide bonds. The van der Waals surface area contributed by atoms with Gasteiger partial charge in [0.2, 0.25) is 0 Å². The van der Waals surface area contributed by atoms with Gasteiger partial charge in [0.1, 0.15) is 46.0 Å². The Morgan fingerprint density at radius 3 is 2.06 bits per heavy atom. The first-order valence-electron chi connectivity index (χ1n) is 15.9. The highest BCUT2D eigenvalue weighted by Crippen LogP contribution is 2.52. The van der Waals surface area contributed by atoms with Gasteiger partial charge in [-0.1, -0.05) is 23.3 Å². The number of ketones is 2. The maximum atomic E-state index is 14.7. The lowest BCUT2D eigenvalue weighted by Crippen LogP contribution is -2.32. The standard InChI is InChI=1S/C40H38O10/c1-20(2)4-8-27-33(45)12-10-29(38(27)48)40(50)36-30(23-16-25(42)18-26(43)17-23)14-21(3)15-31(36)37-34(46)13-9-28(39(37)49)32(44)11-6-22-5-7-24(41)19-35(22)47/h4-7,9-13,15-19,30-31,36,41-43,45-49H,8,14H2,1-3H3. The molecule has 258 valence electrons. The summed E-state index contributed by atoms with van der Waals surface area (Å²) in [7, 11) is 0. The number of carbonyl (C=O) groups is 2. The lowest BCUT2D eigenvalue weighted by atomic mass is 9.65. The third kappa shape index (κ3) is 7.14. The van der Waals surface area contributed by atoms with Gasteiger partial charge in [0.05, 0.1) is 11.1 Å². The number of aromatic hydroxyl groups is 8.